The van der Waals surface area contributed by atoms with Crippen LogP contribution < -0.4 is 10.2 Å². The largest absolute Gasteiger partial charge is 0.492 e. The van der Waals surface area contributed by atoms with Crippen LogP contribution in [0.5, 0.6) is 11.8 Å². The topological polar surface area (TPSA) is 102 Å². The lowest BCUT2D eigenvalue weighted by molar-refractivity contribution is -0.151. The molecule has 0 radical (unpaired) electrons. The average Bonchev–Trinajstić information content (AvgIpc) is 2.69. The lowest BCUT2D eigenvalue weighted by Crippen LogP contribution is -2.24. The summed E-state index contributed by atoms with van der Waals surface area (Å²) in [6.07, 6.45) is 0. The van der Waals surface area contributed by atoms with Crippen LogP contribution in [0.4, 0.5) is 0 Å². The minimum atomic E-state index is -0.739. The third-order valence-electron chi connectivity index (χ3n) is 2.08. The Labute approximate surface area is 110 Å². The van der Waals surface area contributed by atoms with Gasteiger partial charge in [0, 0.05) is 18.7 Å². The quantitative estimate of drug-likeness (QED) is 0.502. The van der Waals surface area contributed by atoms with Crippen molar-refractivity contribution in [3.8, 4) is 11.8 Å². The molecule has 0 aliphatic carbocycles. The van der Waals surface area contributed by atoms with Gasteiger partial charge in [-0.25, -0.2) is 4.79 Å². The molecule has 1 heterocycles. The number of hydrogen-bond donors (Lipinski definition) is 3. The number of aromatic hydroxyl groups is 2. The summed E-state index contributed by atoms with van der Waals surface area (Å²) < 4.78 is 10.8. The van der Waals surface area contributed by atoms with E-state index in [-0.39, 0.29) is 25.0 Å². The van der Waals surface area contributed by atoms with E-state index in [9.17, 15) is 15.0 Å². The molecule has 0 aliphatic rings. The number of nitrogens with one attached hydrogen (secondary N) is 1. The van der Waals surface area contributed by atoms with Crippen molar-refractivity contribution in [1.82, 2.24) is 10.0 Å². The minimum absolute atomic E-state index is 0.252. The maximum absolute atomic E-state index is 11.3. The second-order valence-corrected chi connectivity index (χ2v) is 3.58. The molecule has 8 heteroatoms. The van der Waals surface area contributed by atoms with E-state index in [1.807, 2.05) is 7.05 Å². The number of nitrogens with zero attached hydrogens (tertiary/aromatic N) is 1. The van der Waals surface area contributed by atoms with Crippen molar-refractivity contribution in [3.05, 3.63) is 12.1 Å². The van der Waals surface area contributed by atoms with E-state index in [1.54, 1.807) is 0 Å². The molecular weight excluding hydrogens is 256 g/mol. The predicted molar refractivity (Wildman–Crippen MR) is 64.9 cm³/mol. The smallest absolute Gasteiger partial charge is 0.358 e. The fraction of sp³-hybridized carbons (Fsp3) is 0.545. The van der Waals surface area contributed by atoms with Gasteiger partial charge < -0.3 is 29.8 Å². The number of ether oxygens (including phenoxy) is 2. The van der Waals surface area contributed by atoms with Gasteiger partial charge in [0.15, 0.2) is 0 Å². The fourth-order valence-corrected chi connectivity index (χ4v) is 1.17. The third kappa shape index (κ3) is 5.60. The Morgan fingerprint density at radius 2 is 1.84 bits per heavy atom. The van der Waals surface area contributed by atoms with Crippen LogP contribution in [0, 0.1) is 0 Å². The standard InChI is InChI=1S/C11H18N2O6/c1-12-4-5-17-6-7-18-8-11(16)19-13-9(14)2-3-10(13)15/h2-3,12,14-15H,4-8H2,1H3. The van der Waals surface area contributed by atoms with Gasteiger partial charge in [-0.15, -0.1) is 4.73 Å². The zero-order valence-electron chi connectivity index (χ0n) is 10.7. The second kappa shape index (κ2) is 8.35. The number of carbonyl (C=O) groups is 1. The molecule has 0 saturated carbocycles. The summed E-state index contributed by atoms with van der Waals surface area (Å²) >= 11 is 0. The first-order chi connectivity index (χ1) is 9.15. The molecule has 0 amide bonds. The molecule has 0 saturated heterocycles. The van der Waals surface area contributed by atoms with Crippen molar-refractivity contribution in [2.75, 3.05) is 40.0 Å². The first-order valence-corrected chi connectivity index (χ1v) is 5.76. The van der Waals surface area contributed by atoms with Crippen molar-refractivity contribution in [3.63, 3.8) is 0 Å². The van der Waals surface area contributed by atoms with E-state index >= 15 is 0 Å². The Morgan fingerprint density at radius 1 is 1.21 bits per heavy atom. The highest BCUT2D eigenvalue weighted by atomic mass is 16.7. The Morgan fingerprint density at radius 3 is 2.47 bits per heavy atom. The molecule has 3 N–H and O–H groups in total. The summed E-state index contributed by atoms with van der Waals surface area (Å²) in [4.78, 5) is 16.0. The Balaban J connectivity index is 2.12. The molecule has 0 bridgehead atoms. The van der Waals surface area contributed by atoms with Gasteiger partial charge in [-0.05, 0) is 7.05 Å². The van der Waals surface area contributed by atoms with Gasteiger partial charge in [-0.1, -0.05) is 0 Å². The lowest BCUT2D eigenvalue weighted by atomic mass is 10.6. The molecule has 19 heavy (non-hydrogen) atoms. The zero-order chi connectivity index (χ0) is 14.1. The zero-order valence-corrected chi connectivity index (χ0v) is 10.7. The number of carbonyl (C=O) groups excluding carboxylic acids is 1. The van der Waals surface area contributed by atoms with E-state index in [4.69, 9.17) is 9.47 Å². The summed E-state index contributed by atoms with van der Waals surface area (Å²) in [6, 6.07) is 2.39. The van der Waals surface area contributed by atoms with Crippen molar-refractivity contribution >= 4 is 5.97 Å². The fourth-order valence-electron chi connectivity index (χ4n) is 1.17. The first-order valence-electron chi connectivity index (χ1n) is 5.76. The van der Waals surface area contributed by atoms with Crippen LogP contribution in [-0.2, 0) is 14.3 Å². The molecule has 0 aliphatic heterocycles. The van der Waals surface area contributed by atoms with Gasteiger partial charge in [0.25, 0.3) is 0 Å². The SMILES string of the molecule is CNCCOCCOCC(=O)On1c(O)ccc1O. The van der Waals surface area contributed by atoms with Crippen LogP contribution in [0.2, 0.25) is 0 Å². The van der Waals surface area contributed by atoms with Crippen molar-refractivity contribution < 1.29 is 29.3 Å². The molecule has 0 unspecified atom stereocenters. The van der Waals surface area contributed by atoms with Gasteiger partial charge in [0.1, 0.15) is 6.61 Å². The molecule has 0 fully saturated rings. The lowest BCUT2D eigenvalue weighted by Gasteiger charge is -2.07. The summed E-state index contributed by atoms with van der Waals surface area (Å²) in [7, 11) is 1.82. The maximum atomic E-state index is 11.3. The maximum Gasteiger partial charge on any atom is 0.358 e. The summed E-state index contributed by atoms with van der Waals surface area (Å²) in [5.41, 5.74) is 0. The molecule has 0 aromatic carbocycles. The van der Waals surface area contributed by atoms with Crippen LogP contribution in [0.1, 0.15) is 0 Å². The van der Waals surface area contributed by atoms with Crippen molar-refractivity contribution in [2.45, 2.75) is 0 Å². The van der Waals surface area contributed by atoms with Crippen LogP contribution in [-0.4, -0.2) is 60.9 Å². The molecule has 1 aromatic rings. The number of rotatable bonds is 9. The van der Waals surface area contributed by atoms with Gasteiger partial charge in [-0.2, -0.15) is 0 Å². The van der Waals surface area contributed by atoms with E-state index in [2.05, 4.69) is 10.2 Å². The first kappa shape index (κ1) is 15.3. The average molecular weight is 274 g/mol. The second-order valence-electron chi connectivity index (χ2n) is 3.58. The molecular formula is C11H18N2O6. The Kier molecular flexibility index (Phi) is 6.72. The van der Waals surface area contributed by atoms with Crippen LogP contribution in [0.3, 0.4) is 0 Å². The Bertz CT molecular complexity index is 373. The molecule has 0 spiro atoms. The van der Waals surface area contributed by atoms with E-state index in [1.165, 1.54) is 12.1 Å². The highest BCUT2D eigenvalue weighted by molar-refractivity contribution is 5.71. The number of likely N-dealkylation sites (N-methyl/N-ethyl adjacent to an activating group) is 1. The number of hydrogen-bond acceptors (Lipinski definition) is 7. The predicted octanol–water partition coefficient (Wildman–Crippen LogP) is -0.893. The van der Waals surface area contributed by atoms with E-state index in [0.29, 0.717) is 17.9 Å². The summed E-state index contributed by atoms with van der Waals surface area (Å²) in [5, 5.41) is 21.4. The molecule has 1 aromatic heterocycles. The van der Waals surface area contributed by atoms with Gasteiger partial charge >= 0.3 is 5.97 Å². The summed E-state index contributed by atoms with van der Waals surface area (Å²) in [5.74, 6) is -1.49. The van der Waals surface area contributed by atoms with Crippen molar-refractivity contribution in [1.29, 1.82) is 0 Å². The van der Waals surface area contributed by atoms with E-state index in [0.717, 1.165) is 6.54 Å². The van der Waals surface area contributed by atoms with Crippen LogP contribution in [0.25, 0.3) is 0 Å². The normalized spacial score (nSPS) is 10.6. The third-order valence-corrected chi connectivity index (χ3v) is 2.08. The highest BCUT2D eigenvalue weighted by Crippen LogP contribution is 2.18. The Hall–Kier alpha value is -1.77. The van der Waals surface area contributed by atoms with Crippen LogP contribution >= 0.6 is 0 Å². The van der Waals surface area contributed by atoms with Gasteiger partial charge in [0.2, 0.25) is 11.8 Å². The van der Waals surface area contributed by atoms with Gasteiger partial charge in [-0.3, -0.25) is 0 Å². The number of aromatic nitrogens is 1. The molecule has 108 valence electrons. The molecule has 8 nitrogen and oxygen atoms in total. The van der Waals surface area contributed by atoms with Crippen molar-refractivity contribution in [2.24, 2.45) is 0 Å². The van der Waals surface area contributed by atoms with Gasteiger partial charge in [0.05, 0.1) is 19.8 Å². The van der Waals surface area contributed by atoms with E-state index < -0.39 is 5.97 Å². The molecule has 1 rings (SSSR count). The van der Waals surface area contributed by atoms with Crippen LogP contribution in [0.15, 0.2) is 12.1 Å². The monoisotopic (exact) mass is 274 g/mol. The summed E-state index contributed by atoms with van der Waals surface area (Å²) in [6.45, 7) is 1.63. The minimum Gasteiger partial charge on any atom is -0.492 e. The molecule has 0 atom stereocenters. The highest BCUT2D eigenvalue weighted by Gasteiger charge is 2.11.